The van der Waals surface area contributed by atoms with Crippen molar-refractivity contribution in [1.82, 2.24) is 25.0 Å². The van der Waals surface area contributed by atoms with Crippen molar-refractivity contribution in [2.45, 2.75) is 25.0 Å². The molecular weight excluding hydrogens is 387 g/mol. The quantitative estimate of drug-likeness (QED) is 0.457. The van der Waals surface area contributed by atoms with Gasteiger partial charge in [0.25, 0.3) is 0 Å². The lowest BCUT2D eigenvalue weighted by Gasteiger charge is -2.07. The van der Waals surface area contributed by atoms with E-state index in [2.05, 4.69) is 32.3 Å². The number of aryl methyl sites for hydroxylation is 1. The Bertz CT molecular complexity index is 937. The minimum Gasteiger partial charge on any atom is -0.300 e. The molecule has 0 unspecified atom stereocenters. The van der Waals surface area contributed by atoms with Gasteiger partial charge in [0.05, 0.1) is 5.75 Å². The molecule has 2 heterocycles. The van der Waals surface area contributed by atoms with E-state index in [1.165, 1.54) is 35.2 Å². The van der Waals surface area contributed by atoms with Crippen LogP contribution in [0.4, 0.5) is 9.52 Å². The van der Waals surface area contributed by atoms with Crippen LogP contribution in [0.25, 0.3) is 11.4 Å². The third-order valence-corrected chi connectivity index (χ3v) is 5.43. The normalized spacial score (nSPS) is 10.7. The number of rotatable bonds is 8. The van der Waals surface area contributed by atoms with Gasteiger partial charge in [0.2, 0.25) is 11.0 Å². The van der Waals surface area contributed by atoms with Gasteiger partial charge in [-0.3, -0.25) is 14.7 Å². The van der Waals surface area contributed by atoms with E-state index in [-0.39, 0.29) is 17.5 Å². The number of nitrogens with zero attached hydrogens (tertiary/aromatic N) is 5. The van der Waals surface area contributed by atoms with Crippen LogP contribution >= 0.6 is 23.1 Å². The number of hydrogen-bond acceptors (Lipinski definition) is 7. The van der Waals surface area contributed by atoms with Crippen LogP contribution in [0.15, 0.2) is 42.1 Å². The Labute approximate surface area is 163 Å². The maximum Gasteiger partial charge on any atom is 0.236 e. The van der Waals surface area contributed by atoms with Crippen molar-refractivity contribution in [3.63, 3.8) is 0 Å². The molecule has 27 heavy (non-hydrogen) atoms. The van der Waals surface area contributed by atoms with E-state index in [1.807, 2.05) is 11.5 Å². The molecular formula is C17H17FN6OS2. The first-order valence-electron chi connectivity index (χ1n) is 8.15. The summed E-state index contributed by atoms with van der Waals surface area (Å²) in [6, 6.07) is 6.02. The molecule has 3 aromatic rings. The number of nitrogens with one attached hydrogen (secondary N) is 1. The van der Waals surface area contributed by atoms with E-state index < -0.39 is 0 Å². The average molecular weight is 404 g/mol. The molecule has 1 aromatic carbocycles. The Balaban J connectivity index is 1.69. The van der Waals surface area contributed by atoms with Gasteiger partial charge < -0.3 is 0 Å². The molecule has 7 nitrogen and oxygen atoms in total. The zero-order valence-corrected chi connectivity index (χ0v) is 16.2. The number of halogens is 1. The van der Waals surface area contributed by atoms with E-state index in [4.69, 9.17) is 0 Å². The summed E-state index contributed by atoms with van der Waals surface area (Å²) in [5.41, 5.74) is 0.739. The third-order valence-electron chi connectivity index (χ3n) is 3.48. The van der Waals surface area contributed by atoms with Crippen LogP contribution in [0.5, 0.6) is 0 Å². The van der Waals surface area contributed by atoms with Crippen molar-refractivity contribution >= 4 is 34.1 Å². The minimum absolute atomic E-state index is 0.153. The topological polar surface area (TPSA) is 85.6 Å². The van der Waals surface area contributed by atoms with Crippen LogP contribution in [-0.4, -0.2) is 36.6 Å². The number of aromatic nitrogens is 5. The van der Waals surface area contributed by atoms with Gasteiger partial charge in [0.15, 0.2) is 11.0 Å². The smallest absolute Gasteiger partial charge is 0.236 e. The highest BCUT2D eigenvalue weighted by Crippen LogP contribution is 2.24. The first kappa shape index (κ1) is 19.2. The number of allylic oxidation sites excluding steroid dienone is 1. The van der Waals surface area contributed by atoms with Crippen molar-refractivity contribution in [3.8, 4) is 11.4 Å². The highest BCUT2D eigenvalue weighted by molar-refractivity contribution is 7.99. The fraction of sp³-hybridized carbons (Fsp3) is 0.235. The Morgan fingerprint density at radius 2 is 2.07 bits per heavy atom. The lowest BCUT2D eigenvalue weighted by atomic mass is 10.2. The SMILES string of the molecule is C=CCn1c(SCC(=O)Nc2nnc(CC)s2)nnc1-c1ccc(F)cc1. The summed E-state index contributed by atoms with van der Waals surface area (Å²) in [5.74, 6) is 0.229. The fourth-order valence-corrected chi connectivity index (χ4v) is 3.68. The lowest BCUT2D eigenvalue weighted by molar-refractivity contribution is -0.113. The Hall–Kier alpha value is -2.59. The number of carbonyl (C=O) groups is 1. The van der Waals surface area contributed by atoms with Crippen molar-refractivity contribution < 1.29 is 9.18 Å². The molecule has 3 rings (SSSR count). The van der Waals surface area contributed by atoms with Crippen LogP contribution in [0.1, 0.15) is 11.9 Å². The summed E-state index contributed by atoms with van der Waals surface area (Å²) >= 11 is 2.61. The van der Waals surface area contributed by atoms with Crippen molar-refractivity contribution in [3.05, 3.63) is 47.7 Å². The van der Waals surface area contributed by atoms with Crippen LogP contribution in [-0.2, 0) is 17.8 Å². The zero-order chi connectivity index (χ0) is 19.2. The van der Waals surface area contributed by atoms with Crippen LogP contribution in [0.2, 0.25) is 0 Å². The number of thioether (sulfide) groups is 1. The molecule has 10 heteroatoms. The van der Waals surface area contributed by atoms with Crippen LogP contribution in [0.3, 0.4) is 0 Å². The van der Waals surface area contributed by atoms with Gasteiger partial charge >= 0.3 is 0 Å². The summed E-state index contributed by atoms with van der Waals surface area (Å²) in [6.07, 6.45) is 2.49. The molecule has 0 fully saturated rings. The second kappa shape index (κ2) is 8.87. The summed E-state index contributed by atoms with van der Waals surface area (Å²) in [6.45, 7) is 6.20. The van der Waals surface area contributed by atoms with Crippen molar-refractivity contribution in [2.24, 2.45) is 0 Å². The molecule has 140 valence electrons. The van der Waals surface area contributed by atoms with E-state index >= 15 is 0 Å². The van der Waals surface area contributed by atoms with Crippen LogP contribution in [0, 0.1) is 5.82 Å². The van der Waals surface area contributed by atoms with Gasteiger partial charge in [-0.1, -0.05) is 36.1 Å². The molecule has 0 atom stereocenters. The monoisotopic (exact) mass is 404 g/mol. The van der Waals surface area contributed by atoms with E-state index in [0.29, 0.717) is 22.7 Å². The molecule has 0 aliphatic rings. The predicted octanol–water partition coefficient (Wildman–Crippen LogP) is 3.41. The van der Waals surface area contributed by atoms with Gasteiger partial charge in [0.1, 0.15) is 10.8 Å². The van der Waals surface area contributed by atoms with E-state index in [9.17, 15) is 9.18 Å². The fourth-order valence-electron chi connectivity index (χ4n) is 2.23. The zero-order valence-electron chi connectivity index (χ0n) is 14.6. The van der Waals surface area contributed by atoms with Gasteiger partial charge in [-0.25, -0.2) is 4.39 Å². The number of hydrogen-bond donors (Lipinski definition) is 1. The molecule has 0 bridgehead atoms. The van der Waals surface area contributed by atoms with E-state index in [1.54, 1.807) is 18.2 Å². The first-order chi connectivity index (χ1) is 13.1. The van der Waals surface area contributed by atoms with Gasteiger partial charge in [-0.2, -0.15) is 0 Å². The predicted molar refractivity (Wildman–Crippen MR) is 104 cm³/mol. The molecule has 0 saturated heterocycles. The van der Waals surface area contributed by atoms with Crippen molar-refractivity contribution in [2.75, 3.05) is 11.1 Å². The Morgan fingerprint density at radius 1 is 1.30 bits per heavy atom. The second-order valence-electron chi connectivity index (χ2n) is 5.40. The number of carbonyl (C=O) groups excluding carboxylic acids is 1. The maximum absolute atomic E-state index is 13.2. The second-order valence-corrected chi connectivity index (χ2v) is 7.41. The summed E-state index contributed by atoms with van der Waals surface area (Å²) in [4.78, 5) is 12.2. The standard InChI is InChI=1S/C17H17FN6OS2/c1-3-9-24-15(11-5-7-12(18)8-6-11)21-23-17(24)26-10-13(25)19-16-22-20-14(4-2)27-16/h3,5-8H,1,4,9-10H2,2H3,(H,19,22,25). The molecule has 1 amide bonds. The molecule has 0 saturated carbocycles. The Morgan fingerprint density at radius 3 is 2.74 bits per heavy atom. The van der Waals surface area contributed by atoms with Gasteiger partial charge in [0, 0.05) is 12.1 Å². The highest BCUT2D eigenvalue weighted by atomic mass is 32.2. The summed E-state index contributed by atoms with van der Waals surface area (Å²) < 4.78 is 15.0. The lowest BCUT2D eigenvalue weighted by Crippen LogP contribution is -2.14. The average Bonchev–Trinajstić information content (AvgIpc) is 3.28. The molecule has 2 aromatic heterocycles. The third kappa shape index (κ3) is 4.77. The number of benzene rings is 1. The van der Waals surface area contributed by atoms with Gasteiger partial charge in [-0.15, -0.1) is 27.0 Å². The number of amides is 1. The molecule has 0 radical (unpaired) electrons. The molecule has 0 aliphatic carbocycles. The highest BCUT2D eigenvalue weighted by Gasteiger charge is 2.15. The largest absolute Gasteiger partial charge is 0.300 e. The molecule has 1 N–H and O–H groups in total. The molecule has 0 spiro atoms. The number of anilines is 1. The maximum atomic E-state index is 13.2. The summed E-state index contributed by atoms with van der Waals surface area (Å²) in [5, 5.41) is 20.9. The van der Waals surface area contributed by atoms with Gasteiger partial charge in [-0.05, 0) is 30.7 Å². The van der Waals surface area contributed by atoms with Crippen LogP contribution < -0.4 is 5.32 Å². The first-order valence-corrected chi connectivity index (χ1v) is 9.96. The minimum atomic E-state index is -0.317. The molecule has 0 aliphatic heterocycles. The summed E-state index contributed by atoms with van der Waals surface area (Å²) in [7, 11) is 0. The van der Waals surface area contributed by atoms with E-state index in [0.717, 1.165) is 17.0 Å². The Kier molecular flexibility index (Phi) is 6.30. The van der Waals surface area contributed by atoms with Crippen molar-refractivity contribution in [1.29, 1.82) is 0 Å².